The maximum Gasteiger partial charge on any atom is 0.255 e. The molecule has 0 atom stereocenters. The highest BCUT2D eigenvalue weighted by Crippen LogP contribution is 2.30. The van der Waals surface area contributed by atoms with E-state index in [1.165, 1.54) is 11.1 Å². The molecule has 44 heavy (non-hydrogen) atoms. The lowest BCUT2D eigenvalue weighted by Gasteiger charge is -2.32. The summed E-state index contributed by atoms with van der Waals surface area (Å²) in [5.41, 5.74) is 6.99. The van der Waals surface area contributed by atoms with E-state index in [0.717, 1.165) is 36.8 Å². The summed E-state index contributed by atoms with van der Waals surface area (Å²) in [6.45, 7) is 5.92. The zero-order chi connectivity index (χ0) is 31.1. The van der Waals surface area contributed by atoms with Crippen molar-refractivity contribution in [2.24, 2.45) is 0 Å². The molecule has 1 N–H and O–H groups in total. The summed E-state index contributed by atoms with van der Waals surface area (Å²) in [7, 11) is 1.83. The average molecular weight is 588 g/mol. The first kappa shape index (κ1) is 30.7. The van der Waals surface area contributed by atoms with Crippen molar-refractivity contribution in [3.05, 3.63) is 136 Å². The second-order valence-corrected chi connectivity index (χ2v) is 11.7. The fourth-order valence-electron chi connectivity index (χ4n) is 5.81. The summed E-state index contributed by atoms with van der Waals surface area (Å²) in [5, 5.41) is 3.01. The van der Waals surface area contributed by atoms with E-state index in [0.29, 0.717) is 47.9 Å². The van der Waals surface area contributed by atoms with Gasteiger partial charge < -0.3 is 15.1 Å². The second-order valence-electron chi connectivity index (χ2n) is 11.7. The zero-order valence-electron chi connectivity index (χ0n) is 25.9. The van der Waals surface area contributed by atoms with Gasteiger partial charge in [0.2, 0.25) is 0 Å². The molecule has 1 heterocycles. The van der Waals surface area contributed by atoms with Gasteiger partial charge in [-0.3, -0.25) is 14.4 Å². The third-order valence-corrected chi connectivity index (χ3v) is 8.65. The third kappa shape index (κ3) is 7.43. The average Bonchev–Trinajstić information content (AvgIpc) is 3.32. The van der Waals surface area contributed by atoms with Crippen LogP contribution in [0.3, 0.4) is 0 Å². The monoisotopic (exact) mass is 587 g/mol. The van der Waals surface area contributed by atoms with Crippen molar-refractivity contribution < 1.29 is 14.4 Å². The maximum absolute atomic E-state index is 13.5. The van der Waals surface area contributed by atoms with Crippen LogP contribution in [0, 0.1) is 6.92 Å². The van der Waals surface area contributed by atoms with Gasteiger partial charge in [0.25, 0.3) is 17.7 Å². The second kappa shape index (κ2) is 14.2. The van der Waals surface area contributed by atoms with Crippen molar-refractivity contribution in [3.63, 3.8) is 0 Å². The lowest BCUT2D eigenvalue weighted by molar-refractivity contribution is -0.112. The van der Waals surface area contributed by atoms with Gasteiger partial charge in [0.1, 0.15) is 0 Å². The van der Waals surface area contributed by atoms with E-state index in [9.17, 15) is 14.4 Å². The van der Waals surface area contributed by atoms with Crippen molar-refractivity contribution in [2.75, 3.05) is 25.5 Å². The molecule has 6 heteroatoms. The number of aryl methyl sites for hydroxylation is 1. The van der Waals surface area contributed by atoms with Crippen LogP contribution < -0.4 is 5.32 Å². The van der Waals surface area contributed by atoms with Gasteiger partial charge in [-0.2, -0.15) is 0 Å². The molecule has 1 aliphatic heterocycles. The molecule has 1 fully saturated rings. The Morgan fingerprint density at radius 1 is 0.909 bits per heavy atom. The lowest BCUT2D eigenvalue weighted by atomic mass is 9.88. The summed E-state index contributed by atoms with van der Waals surface area (Å²) in [6.07, 6.45) is 11.3. The highest BCUT2D eigenvalue weighted by Gasteiger charge is 2.25. The number of piperidine rings is 1. The van der Waals surface area contributed by atoms with Crippen LogP contribution >= 0.6 is 0 Å². The highest BCUT2D eigenvalue weighted by molar-refractivity contribution is 6.07. The van der Waals surface area contributed by atoms with E-state index in [4.69, 9.17) is 0 Å². The SMILES string of the molecule is CCC1=CC=C(C(=O)Nc2cc(C(=O)N3CCC(c4ccc(C(=O)N(C)Cc5ccccc5)cc4)CC3)ccc2C)C=CC1. The summed E-state index contributed by atoms with van der Waals surface area (Å²) in [6, 6.07) is 23.4. The first-order chi connectivity index (χ1) is 21.3. The Morgan fingerprint density at radius 2 is 1.61 bits per heavy atom. The molecular formula is C38H41N3O3. The van der Waals surface area contributed by atoms with Gasteiger partial charge in [-0.25, -0.2) is 0 Å². The van der Waals surface area contributed by atoms with Gasteiger partial charge in [-0.15, -0.1) is 0 Å². The van der Waals surface area contributed by atoms with Crippen LogP contribution in [0.5, 0.6) is 0 Å². The minimum Gasteiger partial charge on any atom is -0.339 e. The number of allylic oxidation sites excluding steroid dienone is 4. The van der Waals surface area contributed by atoms with Crippen molar-refractivity contribution in [3.8, 4) is 0 Å². The minimum atomic E-state index is -0.182. The number of anilines is 1. The number of hydrogen-bond donors (Lipinski definition) is 1. The van der Waals surface area contributed by atoms with Crippen molar-refractivity contribution in [2.45, 2.75) is 52.0 Å². The quantitative estimate of drug-likeness (QED) is 0.298. The Bertz CT molecular complexity index is 1590. The molecule has 0 radical (unpaired) electrons. The number of carbonyl (C=O) groups excluding carboxylic acids is 3. The fourth-order valence-corrected chi connectivity index (χ4v) is 5.81. The van der Waals surface area contributed by atoms with E-state index in [-0.39, 0.29) is 17.7 Å². The molecule has 0 aromatic heterocycles. The Kier molecular flexibility index (Phi) is 9.90. The standard InChI is InChI=1S/C38H41N3O3/c1-4-28-11-8-12-32(16-14-28)36(42)39-35-25-34(15-13-27(35)2)38(44)41-23-21-31(22-24-41)30-17-19-33(20-18-30)37(43)40(3)26-29-9-6-5-7-10-29/h5-10,12-20,25,31H,4,11,21-24,26H2,1-3H3,(H,39,42). The van der Waals surface area contributed by atoms with E-state index < -0.39 is 0 Å². The fraction of sp³-hybridized carbons (Fsp3) is 0.289. The summed E-state index contributed by atoms with van der Waals surface area (Å²) < 4.78 is 0. The van der Waals surface area contributed by atoms with E-state index in [1.54, 1.807) is 11.0 Å². The molecule has 5 rings (SSSR count). The Labute approximate surface area is 260 Å². The molecule has 0 saturated carbocycles. The molecule has 0 bridgehead atoms. The normalized spacial score (nSPS) is 15.2. The summed E-state index contributed by atoms with van der Waals surface area (Å²) in [5.74, 6) is 0.130. The third-order valence-electron chi connectivity index (χ3n) is 8.65. The molecule has 0 unspecified atom stereocenters. The van der Waals surface area contributed by atoms with E-state index >= 15 is 0 Å². The Morgan fingerprint density at radius 3 is 2.32 bits per heavy atom. The number of nitrogens with one attached hydrogen (secondary N) is 1. The molecule has 3 aromatic rings. The largest absolute Gasteiger partial charge is 0.339 e. The van der Waals surface area contributed by atoms with Gasteiger partial charge in [-0.1, -0.05) is 79.3 Å². The van der Waals surface area contributed by atoms with Gasteiger partial charge in [0.15, 0.2) is 0 Å². The smallest absolute Gasteiger partial charge is 0.255 e. The van der Waals surface area contributed by atoms with Crippen LogP contribution in [0.2, 0.25) is 0 Å². The molecule has 1 aliphatic carbocycles. The topological polar surface area (TPSA) is 69.7 Å². The molecule has 3 aromatic carbocycles. The van der Waals surface area contributed by atoms with Crippen LogP contribution in [0.4, 0.5) is 5.69 Å². The number of benzene rings is 3. The lowest BCUT2D eigenvalue weighted by Crippen LogP contribution is -2.38. The summed E-state index contributed by atoms with van der Waals surface area (Å²) in [4.78, 5) is 43.1. The summed E-state index contributed by atoms with van der Waals surface area (Å²) >= 11 is 0. The van der Waals surface area contributed by atoms with Crippen molar-refractivity contribution >= 4 is 23.4 Å². The molecular weight excluding hydrogens is 546 g/mol. The van der Waals surface area contributed by atoms with E-state index in [2.05, 4.69) is 24.4 Å². The van der Waals surface area contributed by atoms with Crippen LogP contribution in [0.25, 0.3) is 0 Å². The van der Waals surface area contributed by atoms with Crippen LogP contribution in [0.1, 0.15) is 75.9 Å². The molecule has 6 nitrogen and oxygen atoms in total. The van der Waals surface area contributed by atoms with Gasteiger partial charge in [-0.05, 0) is 85.6 Å². The predicted molar refractivity (Wildman–Crippen MR) is 177 cm³/mol. The predicted octanol–water partition coefficient (Wildman–Crippen LogP) is 7.45. The molecule has 1 saturated heterocycles. The number of carbonyl (C=O) groups is 3. The highest BCUT2D eigenvalue weighted by atomic mass is 16.2. The Hall–Kier alpha value is -4.71. The van der Waals surface area contributed by atoms with Crippen molar-refractivity contribution in [1.29, 1.82) is 0 Å². The number of amides is 3. The first-order valence-electron chi connectivity index (χ1n) is 15.5. The number of rotatable bonds is 8. The van der Waals surface area contributed by atoms with Crippen LogP contribution in [-0.2, 0) is 11.3 Å². The van der Waals surface area contributed by atoms with Crippen LogP contribution in [-0.4, -0.2) is 47.7 Å². The van der Waals surface area contributed by atoms with Gasteiger partial charge >= 0.3 is 0 Å². The molecule has 2 aliphatic rings. The number of likely N-dealkylation sites (tertiary alicyclic amines) is 1. The molecule has 0 spiro atoms. The molecule has 226 valence electrons. The molecule has 3 amide bonds. The Balaban J connectivity index is 1.17. The van der Waals surface area contributed by atoms with Gasteiger partial charge in [0, 0.05) is 49.1 Å². The number of hydrogen-bond acceptors (Lipinski definition) is 3. The first-order valence-corrected chi connectivity index (χ1v) is 15.5. The maximum atomic E-state index is 13.5. The van der Waals surface area contributed by atoms with Crippen molar-refractivity contribution in [1.82, 2.24) is 9.80 Å². The minimum absolute atomic E-state index is 0.000580. The van der Waals surface area contributed by atoms with Gasteiger partial charge in [0.05, 0.1) is 0 Å². The van der Waals surface area contributed by atoms with Crippen LogP contribution in [0.15, 0.2) is 108 Å². The number of nitrogens with zero attached hydrogens (tertiary/aromatic N) is 2. The van der Waals surface area contributed by atoms with E-state index in [1.807, 2.05) is 97.8 Å². The zero-order valence-corrected chi connectivity index (χ0v) is 25.9.